The normalized spacial score (nSPS) is 12.7. The third kappa shape index (κ3) is 23.8. The lowest BCUT2D eigenvalue weighted by atomic mass is 10.0. The molecule has 0 saturated carbocycles. The Hall–Kier alpha value is -0.810. The van der Waals surface area contributed by atoms with E-state index in [1.165, 1.54) is 89.9 Å². The molecule has 32 heavy (non-hydrogen) atoms. The predicted molar refractivity (Wildman–Crippen MR) is 137 cm³/mol. The first-order valence-corrected chi connectivity index (χ1v) is 13.6. The van der Waals surface area contributed by atoms with Crippen molar-refractivity contribution in [1.82, 2.24) is 5.32 Å². The molecular formula is C27H57N2O3+. The highest BCUT2D eigenvalue weighted by Crippen LogP contribution is 2.13. The van der Waals surface area contributed by atoms with Gasteiger partial charge in [0.15, 0.2) is 0 Å². The first-order valence-electron chi connectivity index (χ1n) is 13.6. The molecule has 0 aliphatic carbocycles. The lowest BCUT2D eigenvalue weighted by Gasteiger charge is -2.24. The second kappa shape index (κ2) is 22.0. The van der Waals surface area contributed by atoms with Gasteiger partial charge in [0.1, 0.15) is 6.61 Å². The Kier molecular flexibility index (Phi) is 21.4. The first kappa shape index (κ1) is 31.2. The Morgan fingerprint density at radius 3 is 1.66 bits per heavy atom. The molecule has 0 aromatic rings. The maximum absolute atomic E-state index is 11.9. The van der Waals surface area contributed by atoms with E-state index in [0.29, 0.717) is 13.2 Å². The minimum Gasteiger partial charge on any atom is -0.447 e. The number of carbonyl (C=O) groups is 1. The summed E-state index contributed by atoms with van der Waals surface area (Å²) in [6, 6.07) is 0. The number of amides is 1. The van der Waals surface area contributed by atoms with Crippen molar-refractivity contribution in [2.24, 2.45) is 0 Å². The summed E-state index contributed by atoms with van der Waals surface area (Å²) in [5, 5.41) is 2.87. The van der Waals surface area contributed by atoms with Gasteiger partial charge in [0.25, 0.3) is 0 Å². The van der Waals surface area contributed by atoms with Crippen molar-refractivity contribution in [3.8, 4) is 0 Å². The van der Waals surface area contributed by atoms with Gasteiger partial charge in [-0.3, -0.25) is 0 Å². The zero-order valence-electron chi connectivity index (χ0n) is 22.4. The van der Waals surface area contributed by atoms with Gasteiger partial charge >= 0.3 is 6.09 Å². The smallest absolute Gasteiger partial charge is 0.407 e. The van der Waals surface area contributed by atoms with Crippen LogP contribution in [0, 0.1) is 0 Å². The van der Waals surface area contributed by atoms with Gasteiger partial charge in [-0.1, -0.05) is 96.8 Å². The van der Waals surface area contributed by atoms with Crippen molar-refractivity contribution >= 4 is 6.09 Å². The molecule has 0 rings (SSSR count). The number of alkyl carbamates (subject to hydrolysis) is 1. The van der Waals surface area contributed by atoms with Crippen LogP contribution in [0.25, 0.3) is 0 Å². The summed E-state index contributed by atoms with van der Waals surface area (Å²) in [5.41, 5.74) is 0. The zero-order valence-corrected chi connectivity index (χ0v) is 22.4. The maximum Gasteiger partial charge on any atom is 0.407 e. The molecule has 0 bridgehead atoms. The van der Waals surface area contributed by atoms with Crippen LogP contribution < -0.4 is 5.32 Å². The molecular weight excluding hydrogens is 400 g/mol. The van der Waals surface area contributed by atoms with Gasteiger partial charge in [-0.25, -0.2) is 4.79 Å². The molecule has 5 nitrogen and oxygen atoms in total. The fourth-order valence-electron chi connectivity index (χ4n) is 3.97. The van der Waals surface area contributed by atoms with Gasteiger partial charge in [0.2, 0.25) is 0 Å². The molecule has 192 valence electrons. The number of rotatable bonds is 23. The standard InChI is InChI=1S/C27H56N2O3/c1-6-7-8-9-10-11-12-13-14-15-16-17-18-19-20-23-28-27(30)32-25-26(31-5)22-21-24-29(2,3)4/h26H,6-25H2,1-5H3/p+1. The van der Waals surface area contributed by atoms with Gasteiger partial charge in [-0.15, -0.1) is 0 Å². The minimum atomic E-state index is -0.316. The fraction of sp³-hybridized carbons (Fsp3) is 0.963. The largest absolute Gasteiger partial charge is 0.447 e. The lowest BCUT2D eigenvalue weighted by molar-refractivity contribution is -0.870. The summed E-state index contributed by atoms with van der Waals surface area (Å²) in [6.07, 6.45) is 21.9. The number of unbranched alkanes of at least 4 members (excludes halogenated alkanes) is 14. The quantitative estimate of drug-likeness (QED) is 0.132. The predicted octanol–water partition coefficient (Wildman–Crippen LogP) is 7.09. The zero-order chi connectivity index (χ0) is 23.9. The number of hydrogen-bond donors (Lipinski definition) is 1. The number of ether oxygens (including phenoxy) is 2. The molecule has 1 N–H and O–H groups in total. The molecule has 1 amide bonds. The van der Waals surface area contributed by atoms with E-state index < -0.39 is 0 Å². The van der Waals surface area contributed by atoms with Crippen LogP contribution in [0.2, 0.25) is 0 Å². The van der Waals surface area contributed by atoms with E-state index in [1.54, 1.807) is 7.11 Å². The fourth-order valence-corrected chi connectivity index (χ4v) is 3.97. The van der Waals surface area contributed by atoms with Crippen LogP contribution >= 0.6 is 0 Å². The molecule has 1 atom stereocenters. The van der Waals surface area contributed by atoms with Crippen LogP contribution in [0.5, 0.6) is 0 Å². The summed E-state index contributed by atoms with van der Waals surface area (Å²) in [4.78, 5) is 11.9. The van der Waals surface area contributed by atoms with E-state index >= 15 is 0 Å². The summed E-state index contributed by atoms with van der Waals surface area (Å²) in [7, 11) is 8.24. The minimum absolute atomic E-state index is 0.0157. The number of nitrogens with one attached hydrogen (secondary N) is 1. The highest BCUT2D eigenvalue weighted by atomic mass is 16.6. The van der Waals surface area contributed by atoms with Gasteiger partial charge in [-0.2, -0.15) is 0 Å². The molecule has 0 aromatic heterocycles. The van der Waals surface area contributed by atoms with Crippen LogP contribution in [0.1, 0.15) is 116 Å². The summed E-state index contributed by atoms with van der Waals surface area (Å²) in [6.45, 7) is 4.40. The molecule has 0 spiro atoms. The number of carbonyl (C=O) groups excluding carboxylic acids is 1. The van der Waals surface area contributed by atoms with Crippen LogP contribution in [-0.4, -0.2) is 64.6 Å². The summed E-state index contributed by atoms with van der Waals surface area (Å²) < 4.78 is 11.7. The Balaban J connectivity index is 3.38. The van der Waals surface area contributed by atoms with Crippen molar-refractivity contribution in [3.63, 3.8) is 0 Å². The van der Waals surface area contributed by atoms with E-state index in [9.17, 15) is 4.79 Å². The third-order valence-electron chi connectivity index (χ3n) is 6.14. The molecule has 5 heteroatoms. The Bertz CT molecular complexity index is 410. The summed E-state index contributed by atoms with van der Waals surface area (Å²) in [5.74, 6) is 0. The average Bonchev–Trinajstić information content (AvgIpc) is 2.75. The Morgan fingerprint density at radius 2 is 1.22 bits per heavy atom. The highest BCUT2D eigenvalue weighted by Gasteiger charge is 2.13. The van der Waals surface area contributed by atoms with Gasteiger partial charge in [0, 0.05) is 13.7 Å². The topological polar surface area (TPSA) is 47.6 Å². The summed E-state index contributed by atoms with van der Waals surface area (Å²) >= 11 is 0. The van der Waals surface area contributed by atoms with E-state index in [2.05, 4.69) is 33.4 Å². The molecule has 0 heterocycles. The van der Waals surface area contributed by atoms with Gasteiger partial charge in [-0.05, 0) is 19.3 Å². The van der Waals surface area contributed by atoms with Crippen molar-refractivity contribution in [2.75, 3.05) is 47.9 Å². The number of methoxy groups -OCH3 is 1. The monoisotopic (exact) mass is 457 g/mol. The van der Waals surface area contributed by atoms with Crippen LogP contribution in [0.4, 0.5) is 4.79 Å². The Morgan fingerprint density at radius 1 is 0.750 bits per heavy atom. The highest BCUT2D eigenvalue weighted by molar-refractivity contribution is 5.67. The SMILES string of the molecule is CCCCCCCCCCCCCCCCCNC(=O)OCC(CCC[N+](C)(C)C)OC. The van der Waals surface area contributed by atoms with Crippen molar-refractivity contribution < 1.29 is 18.8 Å². The van der Waals surface area contributed by atoms with E-state index in [-0.39, 0.29) is 12.2 Å². The Labute approximate surface area is 200 Å². The molecule has 0 aliphatic heterocycles. The van der Waals surface area contributed by atoms with Crippen molar-refractivity contribution in [1.29, 1.82) is 0 Å². The first-order chi connectivity index (χ1) is 15.4. The third-order valence-corrected chi connectivity index (χ3v) is 6.14. The average molecular weight is 458 g/mol. The molecule has 0 aromatic carbocycles. The molecule has 0 radical (unpaired) electrons. The number of hydrogen-bond acceptors (Lipinski definition) is 3. The van der Waals surface area contributed by atoms with Crippen molar-refractivity contribution in [2.45, 2.75) is 122 Å². The van der Waals surface area contributed by atoms with Crippen molar-refractivity contribution in [3.05, 3.63) is 0 Å². The van der Waals surface area contributed by atoms with Crippen LogP contribution in [0.3, 0.4) is 0 Å². The lowest BCUT2D eigenvalue weighted by Crippen LogP contribution is -2.36. The van der Waals surface area contributed by atoms with Crippen LogP contribution in [0.15, 0.2) is 0 Å². The van der Waals surface area contributed by atoms with Gasteiger partial charge in [0.05, 0.1) is 33.8 Å². The van der Waals surface area contributed by atoms with E-state index in [0.717, 1.165) is 30.3 Å². The van der Waals surface area contributed by atoms with E-state index in [4.69, 9.17) is 9.47 Å². The van der Waals surface area contributed by atoms with E-state index in [1.807, 2.05) is 0 Å². The number of nitrogens with zero attached hydrogens (tertiary/aromatic N) is 1. The second-order valence-corrected chi connectivity index (χ2v) is 10.5. The number of quaternary nitrogens is 1. The maximum atomic E-state index is 11.9. The van der Waals surface area contributed by atoms with Gasteiger partial charge < -0.3 is 19.3 Å². The van der Waals surface area contributed by atoms with Crippen LogP contribution in [-0.2, 0) is 9.47 Å². The molecule has 1 unspecified atom stereocenters. The molecule has 0 saturated heterocycles. The molecule has 0 aliphatic rings. The second-order valence-electron chi connectivity index (χ2n) is 10.5. The molecule has 0 fully saturated rings.